The van der Waals surface area contributed by atoms with Crippen molar-refractivity contribution in [3.8, 4) is 11.4 Å². The van der Waals surface area contributed by atoms with Crippen LogP contribution in [0.1, 0.15) is 23.3 Å². The van der Waals surface area contributed by atoms with Gasteiger partial charge in [-0.3, -0.25) is 4.79 Å². The van der Waals surface area contributed by atoms with Gasteiger partial charge in [-0.05, 0) is 18.9 Å². The lowest BCUT2D eigenvalue weighted by Gasteiger charge is -2.29. The number of likely N-dealkylation sites (tertiary alicyclic amines) is 1. The van der Waals surface area contributed by atoms with Crippen molar-refractivity contribution in [3.05, 3.63) is 48.3 Å². The quantitative estimate of drug-likeness (QED) is 0.911. The number of aliphatic hydroxyl groups excluding tert-OH is 1. The van der Waals surface area contributed by atoms with E-state index in [1.54, 1.807) is 17.2 Å². The number of hydrogen-bond donors (Lipinski definition) is 1. The number of β-amino-alcohol motifs (C(OH)–C–C–N with tert-alkyl or cyclic N) is 1. The average Bonchev–Trinajstić information content (AvgIpc) is 2.55. The van der Waals surface area contributed by atoms with Crippen LogP contribution in [-0.2, 0) is 0 Å². The second-order valence-electron chi connectivity index (χ2n) is 5.18. The predicted octanol–water partition coefficient (Wildman–Crippen LogP) is 1.74. The van der Waals surface area contributed by atoms with E-state index in [1.165, 1.54) is 0 Å². The van der Waals surface area contributed by atoms with Crippen LogP contribution >= 0.6 is 0 Å². The second-order valence-corrected chi connectivity index (χ2v) is 5.18. The van der Waals surface area contributed by atoms with Crippen LogP contribution in [0.25, 0.3) is 11.4 Å². The predicted molar refractivity (Wildman–Crippen MR) is 78.6 cm³/mol. The van der Waals surface area contributed by atoms with Gasteiger partial charge in [0.05, 0.1) is 6.10 Å². The maximum absolute atomic E-state index is 12.5. The van der Waals surface area contributed by atoms with Crippen molar-refractivity contribution in [1.82, 2.24) is 14.9 Å². The van der Waals surface area contributed by atoms with Crippen molar-refractivity contribution in [3.63, 3.8) is 0 Å². The van der Waals surface area contributed by atoms with Gasteiger partial charge in [0.1, 0.15) is 5.69 Å². The van der Waals surface area contributed by atoms with Crippen LogP contribution in [0.5, 0.6) is 0 Å². The smallest absolute Gasteiger partial charge is 0.272 e. The molecule has 1 aromatic heterocycles. The first-order chi connectivity index (χ1) is 10.2. The molecule has 1 unspecified atom stereocenters. The molecule has 108 valence electrons. The van der Waals surface area contributed by atoms with Gasteiger partial charge in [0.25, 0.3) is 5.91 Å². The van der Waals surface area contributed by atoms with Gasteiger partial charge in [-0.25, -0.2) is 9.97 Å². The zero-order valence-electron chi connectivity index (χ0n) is 11.6. The minimum absolute atomic E-state index is 0.145. The number of aromatic nitrogens is 2. The summed E-state index contributed by atoms with van der Waals surface area (Å²) in [7, 11) is 0. The Morgan fingerprint density at radius 3 is 2.81 bits per heavy atom. The minimum atomic E-state index is -0.432. The molecule has 21 heavy (non-hydrogen) atoms. The van der Waals surface area contributed by atoms with Crippen LogP contribution in [0.4, 0.5) is 0 Å². The molecule has 0 spiro atoms. The zero-order valence-corrected chi connectivity index (χ0v) is 11.6. The lowest BCUT2D eigenvalue weighted by molar-refractivity contribution is 0.0469. The Morgan fingerprint density at radius 2 is 2.05 bits per heavy atom. The third-order valence-electron chi connectivity index (χ3n) is 3.59. The first kappa shape index (κ1) is 13.7. The van der Waals surface area contributed by atoms with Crippen molar-refractivity contribution >= 4 is 5.91 Å². The van der Waals surface area contributed by atoms with E-state index in [0.717, 1.165) is 18.4 Å². The molecule has 0 aliphatic carbocycles. The van der Waals surface area contributed by atoms with Gasteiger partial charge in [-0.2, -0.15) is 0 Å². The van der Waals surface area contributed by atoms with Crippen LogP contribution in [0.2, 0.25) is 0 Å². The number of carbonyl (C=O) groups excluding carboxylic acids is 1. The fourth-order valence-electron chi connectivity index (χ4n) is 2.51. The molecular weight excluding hydrogens is 266 g/mol. The van der Waals surface area contributed by atoms with Gasteiger partial charge in [0, 0.05) is 24.8 Å². The van der Waals surface area contributed by atoms with Gasteiger partial charge < -0.3 is 10.0 Å². The monoisotopic (exact) mass is 283 g/mol. The average molecular weight is 283 g/mol. The Morgan fingerprint density at radius 1 is 1.24 bits per heavy atom. The van der Waals surface area contributed by atoms with E-state index in [4.69, 9.17) is 0 Å². The number of nitrogens with zero attached hydrogens (tertiary/aromatic N) is 3. The fraction of sp³-hybridized carbons (Fsp3) is 0.312. The van der Waals surface area contributed by atoms with E-state index >= 15 is 0 Å². The summed E-state index contributed by atoms with van der Waals surface area (Å²) >= 11 is 0. The summed E-state index contributed by atoms with van der Waals surface area (Å²) in [5, 5.41) is 9.68. The summed E-state index contributed by atoms with van der Waals surface area (Å²) in [6, 6.07) is 11.2. The maximum Gasteiger partial charge on any atom is 0.272 e. The van der Waals surface area contributed by atoms with E-state index in [1.807, 2.05) is 30.3 Å². The van der Waals surface area contributed by atoms with Crippen LogP contribution in [0.3, 0.4) is 0 Å². The molecule has 1 atom stereocenters. The molecule has 1 amide bonds. The highest BCUT2D eigenvalue weighted by atomic mass is 16.3. The molecule has 2 aromatic rings. The van der Waals surface area contributed by atoms with Gasteiger partial charge in [-0.15, -0.1) is 0 Å². The number of aliphatic hydroxyl groups is 1. The molecule has 0 saturated carbocycles. The third kappa shape index (κ3) is 3.08. The molecule has 1 fully saturated rings. The van der Waals surface area contributed by atoms with Crippen molar-refractivity contribution in [2.45, 2.75) is 18.9 Å². The zero-order chi connectivity index (χ0) is 14.7. The molecule has 1 aromatic carbocycles. The molecule has 3 rings (SSSR count). The Hall–Kier alpha value is -2.27. The molecule has 1 aliphatic rings. The number of rotatable bonds is 2. The van der Waals surface area contributed by atoms with Gasteiger partial charge >= 0.3 is 0 Å². The molecule has 5 heteroatoms. The fourth-order valence-corrected chi connectivity index (χ4v) is 2.51. The lowest BCUT2D eigenvalue weighted by atomic mass is 10.1. The molecule has 0 radical (unpaired) electrons. The van der Waals surface area contributed by atoms with Gasteiger partial charge in [-0.1, -0.05) is 30.3 Å². The van der Waals surface area contributed by atoms with E-state index in [0.29, 0.717) is 24.6 Å². The number of piperidine rings is 1. The van der Waals surface area contributed by atoms with E-state index in [2.05, 4.69) is 9.97 Å². The molecule has 0 bridgehead atoms. The normalized spacial score (nSPS) is 18.5. The molecular formula is C16H17N3O2. The summed E-state index contributed by atoms with van der Waals surface area (Å²) in [5.41, 5.74) is 1.25. The topological polar surface area (TPSA) is 66.3 Å². The highest BCUT2D eigenvalue weighted by molar-refractivity contribution is 5.92. The third-order valence-corrected chi connectivity index (χ3v) is 3.59. The van der Waals surface area contributed by atoms with E-state index in [9.17, 15) is 9.90 Å². The van der Waals surface area contributed by atoms with E-state index in [-0.39, 0.29) is 5.91 Å². The number of amides is 1. The molecule has 1 aliphatic heterocycles. The second kappa shape index (κ2) is 6.01. The lowest BCUT2D eigenvalue weighted by Crippen LogP contribution is -2.42. The minimum Gasteiger partial charge on any atom is -0.391 e. The summed E-state index contributed by atoms with van der Waals surface area (Å²) in [4.78, 5) is 22.7. The molecule has 1 N–H and O–H groups in total. The SMILES string of the molecule is O=C(c1ccnc(-c2ccccc2)n1)N1CCCC(O)C1. The molecule has 1 saturated heterocycles. The largest absolute Gasteiger partial charge is 0.391 e. The van der Waals surface area contributed by atoms with Gasteiger partial charge in [0.15, 0.2) is 5.82 Å². The van der Waals surface area contributed by atoms with Crippen LogP contribution in [0.15, 0.2) is 42.6 Å². The number of carbonyl (C=O) groups is 1. The summed E-state index contributed by atoms with van der Waals surface area (Å²) < 4.78 is 0. The Labute approximate surface area is 123 Å². The number of benzene rings is 1. The Kier molecular flexibility index (Phi) is 3.92. The Bertz CT molecular complexity index is 630. The number of hydrogen-bond acceptors (Lipinski definition) is 4. The van der Waals surface area contributed by atoms with Crippen LogP contribution < -0.4 is 0 Å². The van der Waals surface area contributed by atoms with Crippen molar-refractivity contribution < 1.29 is 9.90 Å². The summed E-state index contributed by atoms with van der Waals surface area (Å²) in [5.74, 6) is 0.396. The van der Waals surface area contributed by atoms with Crippen LogP contribution in [-0.4, -0.2) is 45.1 Å². The van der Waals surface area contributed by atoms with Crippen molar-refractivity contribution in [2.75, 3.05) is 13.1 Å². The van der Waals surface area contributed by atoms with Crippen molar-refractivity contribution in [2.24, 2.45) is 0 Å². The Balaban J connectivity index is 1.84. The maximum atomic E-state index is 12.5. The highest BCUT2D eigenvalue weighted by Gasteiger charge is 2.24. The first-order valence-electron chi connectivity index (χ1n) is 7.10. The first-order valence-corrected chi connectivity index (χ1v) is 7.10. The van der Waals surface area contributed by atoms with E-state index < -0.39 is 6.10 Å². The summed E-state index contributed by atoms with van der Waals surface area (Å²) in [6.07, 6.45) is 2.74. The highest BCUT2D eigenvalue weighted by Crippen LogP contribution is 2.16. The standard InChI is InChI=1S/C16H17N3O2/c20-13-7-4-10-19(11-13)16(21)14-8-9-17-15(18-14)12-5-2-1-3-6-12/h1-3,5-6,8-9,13,20H,4,7,10-11H2. The van der Waals surface area contributed by atoms with Gasteiger partial charge in [0.2, 0.25) is 0 Å². The van der Waals surface area contributed by atoms with Crippen molar-refractivity contribution in [1.29, 1.82) is 0 Å². The molecule has 2 heterocycles. The summed E-state index contributed by atoms with van der Waals surface area (Å²) in [6.45, 7) is 1.05. The van der Waals surface area contributed by atoms with Crippen LogP contribution in [0, 0.1) is 0 Å². The molecule has 5 nitrogen and oxygen atoms in total.